The first-order chi connectivity index (χ1) is 15.6. The first kappa shape index (κ1) is 22.0. The summed E-state index contributed by atoms with van der Waals surface area (Å²) in [6, 6.07) is 25.1. The molecule has 0 aliphatic carbocycles. The highest BCUT2D eigenvalue weighted by Gasteiger charge is 2.34. The lowest BCUT2D eigenvalue weighted by molar-refractivity contribution is -0.118. The molecule has 1 N–H and O–H groups in total. The SMILES string of the molecule is CC[C@H](C(=O)Nc1cccc([C@@H]2SCC(=O)N2c2cccc(OC)c2)c1)c1ccccc1. The van der Waals surface area contributed by atoms with Gasteiger partial charge in [0, 0.05) is 17.4 Å². The van der Waals surface area contributed by atoms with E-state index < -0.39 is 0 Å². The number of amides is 2. The largest absolute Gasteiger partial charge is 0.497 e. The van der Waals surface area contributed by atoms with Gasteiger partial charge in [-0.1, -0.05) is 55.5 Å². The zero-order valence-electron chi connectivity index (χ0n) is 18.2. The Morgan fingerprint density at radius 1 is 1.09 bits per heavy atom. The number of benzene rings is 3. The van der Waals surface area contributed by atoms with Crippen LogP contribution in [0.15, 0.2) is 78.9 Å². The van der Waals surface area contributed by atoms with E-state index in [9.17, 15) is 9.59 Å². The second-order valence-electron chi connectivity index (χ2n) is 7.61. The van der Waals surface area contributed by atoms with E-state index in [4.69, 9.17) is 4.74 Å². The maximum absolute atomic E-state index is 13.0. The number of carbonyl (C=O) groups is 2. The van der Waals surface area contributed by atoms with Gasteiger partial charge in [-0.05, 0) is 41.8 Å². The Labute approximate surface area is 192 Å². The number of nitrogens with zero attached hydrogens (tertiary/aromatic N) is 1. The van der Waals surface area contributed by atoms with Crippen LogP contribution in [0, 0.1) is 0 Å². The van der Waals surface area contributed by atoms with Crippen LogP contribution in [0.25, 0.3) is 0 Å². The van der Waals surface area contributed by atoms with Gasteiger partial charge < -0.3 is 10.1 Å². The fourth-order valence-corrected chi connectivity index (χ4v) is 5.13. The topological polar surface area (TPSA) is 58.6 Å². The third-order valence-electron chi connectivity index (χ3n) is 5.57. The van der Waals surface area contributed by atoms with Crippen LogP contribution < -0.4 is 15.0 Å². The number of carbonyl (C=O) groups excluding carboxylic acids is 2. The van der Waals surface area contributed by atoms with E-state index in [-0.39, 0.29) is 23.1 Å². The van der Waals surface area contributed by atoms with Gasteiger partial charge in [0.05, 0.1) is 18.8 Å². The molecule has 0 unspecified atom stereocenters. The molecule has 1 aliphatic rings. The molecule has 1 heterocycles. The van der Waals surface area contributed by atoms with Crippen molar-refractivity contribution in [1.82, 2.24) is 0 Å². The van der Waals surface area contributed by atoms with Gasteiger partial charge in [0.15, 0.2) is 0 Å². The average Bonchev–Trinajstić information content (AvgIpc) is 3.22. The second-order valence-corrected chi connectivity index (χ2v) is 8.68. The van der Waals surface area contributed by atoms with E-state index >= 15 is 0 Å². The predicted octanol–water partition coefficient (Wildman–Crippen LogP) is 5.61. The molecule has 0 spiro atoms. The first-order valence-electron chi connectivity index (χ1n) is 10.6. The van der Waals surface area contributed by atoms with Gasteiger partial charge in [0.2, 0.25) is 11.8 Å². The van der Waals surface area contributed by atoms with Gasteiger partial charge in [0.1, 0.15) is 11.1 Å². The van der Waals surface area contributed by atoms with Crippen molar-refractivity contribution in [3.63, 3.8) is 0 Å². The summed E-state index contributed by atoms with van der Waals surface area (Å²) in [7, 11) is 1.61. The third kappa shape index (κ3) is 4.65. The molecule has 3 aromatic carbocycles. The Morgan fingerprint density at radius 2 is 1.88 bits per heavy atom. The molecule has 32 heavy (non-hydrogen) atoms. The van der Waals surface area contributed by atoms with Crippen LogP contribution >= 0.6 is 11.8 Å². The average molecular weight is 447 g/mol. The molecule has 1 saturated heterocycles. The summed E-state index contributed by atoms with van der Waals surface area (Å²) in [4.78, 5) is 27.5. The fourth-order valence-electron chi connectivity index (χ4n) is 3.97. The lowest BCUT2D eigenvalue weighted by Crippen LogP contribution is -2.28. The second kappa shape index (κ2) is 9.92. The molecule has 5 nitrogen and oxygen atoms in total. The van der Waals surface area contributed by atoms with Gasteiger partial charge in [-0.15, -0.1) is 11.8 Å². The van der Waals surface area contributed by atoms with E-state index in [1.807, 2.05) is 85.8 Å². The number of nitrogens with one attached hydrogen (secondary N) is 1. The minimum Gasteiger partial charge on any atom is -0.497 e. The highest BCUT2D eigenvalue weighted by molar-refractivity contribution is 8.00. The lowest BCUT2D eigenvalue weighted by atomic mass is 9.95. The Kier molecular flexibility index (Phi) is 6.81. The van der Waals surface area contributed by atoms with E-state index in [0.717, 1.165) is 22.5 Å². The van der Waals surface area contributed by atoms with Crippen LogP contribution in [0.1, 0.15) is 35.8 Å². The number of hydrogen-bond acceptors (Lipinski definition) is 4. The number of anilines is 2. The minimum absolute atomic E-state index is 0.0318. The highest BCUT2D eigenvalue weighted by Crippen LogP contribution is 2.43. The Bertz CT molecular complexity index is 1100. The van der Waals surface area contributed by atoms with Crippen LogP contribution in [0.4, 0.5) is 11.4 Å². The van der Waals surface area contributed by atoms with Crippen molar-refractivity contribution in [1.29, 1.82) is 0 Å². The molecule has 0 aromatic heterocycles. The molecular formula is C26H26N2O3S. The lowest BCUT2D eigenvalue weighted by Gasteiger charge is -2.25. The molecule has 1 aliphatic heterocycles. The monoisotopic (exact) mass is 446 g/mol. The van der Waals surface area contributed by atoms with Gasteiger partial charge in [-0.25, -0.2) is 0 Å². The minimum atomic E-state index is -0.212. The zero-order valence-corrected chi connectivity index (χ0v) is 19.0. The molecule has 0 saturated carbocycles. The van der Waals surface area contributed by atoms with Crippen molar-refractivity contribution in [3.8, 4) is 5.75 Å². The molecule has 1 fully saturated rings. The number of ether oxygens (including phenoxy) is 1. The van der Waals surface area contributed by atoms with Crippen LogP contribution in [-0.4, -0.2) is 24.7 Å². The molecule has 0 radical (unpaired) electrons. The zero-order chi connectivity index (χ0) is 22.5. The quantitative estimate of drug-likeness (QED) is 0.513. The summed E-state index contributed by atoms with van der Waals surface area (Å²) in [5, 5.41) is 2.90. The standard InChI is InChI=1S/C26H26N2O3S/c1-3-23(18-9-5-4-6-10-18)25(30)27-20-12-7-11-19(15-20)26-28(24(29)17-32-26)21-13-8-14-22(16-21)31-2/h4-16,23,26H,3,17H2,1-2H3,(H,27,30)/t23-,26-/m0/s1. The van der Waals surface area contributed by atoms with Gasteiger partial charge in [0.25, 0.3) is 0 Å². The van der Waals surface area contributed by atoms with Crippen molar-refractivity contribution in [2.75, 3.05) is 23.1 Å². The molecular weight excluding hydrogens is 420 g/mol. The Morgan fingerprint density at radius 3 is 2.62 bits per heavy atom. The molecule has 2 atom stereocenters. The number of thioether (sulfide) groups is 1. The fraction of sp³-hybridized carbons (Fsp3) is 0.231. The molecule has 3 aromatic rings. The molecule has 2 amide bonds. The van der Waals surface area contributed by atoms with Crippen molar-refractivity contribution >= 4 is 35.0 Å². The first-order valence-corrected chi connectivity index (χ1v) is 11.7. The van der Waals surface area contributed by atoms with E-state index in [0.29, 0.717) is 17.9 Å². The summed E-state index contributed by atoms with van der Waals surface area (Å²) in [5.41, 5.74) is 3.50. The van der Waals surface area contributed by atoms with Crippen molar-refractivity contribution in [2.45, 2.75) is 24.6 Å². The van der Waals surface area contributed by atoms with Crippen molar-refractivity contribution in [2.24, 2.45) is 0 Å². The van der Waals surface area contributed by atoms with Crippen LogP contribution in [0.5, 0.6) is 5.75 Å². The summed E-state index contributed by atoms with van der Waals surface area (Å²) in [5.74, 6) is 0.923. The highest BCUT2D eigenvalue weighted by atomic mass is 32.2. The molecule has 4 rings (SSSR count). The van der Waals surface area contributed by atoms with E-state index in [2.05, 4.69) is 5.32 Å². The summed E-state index contributed by atoms with van der Waals surface area (Å²) >= 11 is 1.58. The maximum Gasteiger partial charge on any atom is 0.238 e. The Balaban J connectivity index is 1.56. The molecule has 6 heteroatoms. The van der Waals surface area contributed by atoms with E-state index in [1.54, 1.807) is 23.8 Å². The summed E-state index contributed by atoms with van der Waals surface area (Å²) in [6.45, 7) is 2.01. The van der Waals surface area contributed by atoms with Crippen LogP contribution in [0.2, 0.25) is 0 Å². The maximum atomic E-state index is 13.0. The van der Waals surface area contributed by atoms with Crippen molar-refractivity contribution < 1.29 is 14.3 Å². The summed E-state index contributed by atoms with van der Waals surface area (Å²) < 4.78 is 5.33. The molecule has 0 bridgehead atoms. The smallest absolute Gasteiger partial charge is 0.238 e. The predicted molar refractivity (Wildman–Crippen MR) is 130 cm³/mol. The molecule has 164 valence electrons. The Hall–Kier alpha value is -3.25. The number of rotatable bonds is 7. The van der Waals surface area contributed by atoms with Crippen LogP contribution in [0.3, 0.4) is 0 Å². The van der Waals surface area contributed by atoms with Gasteiger partial charge in [-0.2, -0.15) is 0 Å². The number of hydrogen-bond donors (Lipinski definition) is 1. The third-order valence-corrected chi connectivity index (χ3v) is 6.78. The van der Waals surface area contributed by atoms with E-state index in [1.165, 1.54) is 0 Å². The normalized spacial score (nSPS) is 16.6. The summed E-state index contributed by atoms with van der Waals surface area (Å²) in [6.07, 6.45) is 0.714. The number of methoxy groups -OCH3 is 1. The van der Waals surface area contributed by atoms with Crippen molar-refractivity contribution in [3.05, 3.63) is 90.0 Å². The van der Waals surface area contributed by atoms with Crippen LogP contribution in [-0.2, 0) is 9.59 Å². The van der Waals surface area contributed by atoms with Gasteiger partial charge in [-0.3, -0.25) is 14.5 Å². The van der Waals surface area contributed by atoms with Gasteiger partial charge >= 0.3 is 0 Å².